The Morgan fingerprint density at radius 1 is 0.343 bits per heavy atom. The first-order chi connectivity index (χ1) is 49.5. The lowest BCUT2D eigenvalue weighted by molar-refractivity contribution is -0.142. The largest absolute Gasteiger partial charge is 0.489 e. The predicted molar refractivity (Wildman–Crippen MR) is 375 cm³/mol. The summed E-state index contributed by atoms with van der Waals surface area (Å²) in [6.07, 6.45) is 0. The highest BCUT2D eigenvalue weighted by Gasteiger charge is 2.24. The molecule has 0 atom stereocenters. The monoisotopic (exact) mass is 1380 g/mol. The van der Waals surface area contributed by atoms with Crippen LogP contribution in [-0.2, 0) is 77.5 Å². The lowest BCUT2D eigenvalue weighted by atomic mass is 10.0. The Labute approximate surface area is 581 Å². The molecule has 102 heavy (non-hydrogen) atoms. The minimum Gasteiger partial charge on any atom is -0.489 e. The van der Waals surface area contributed by atoms with Crippen molar-refractivity contribution < 1.29 is 69.6 Å². The molecule has 0 N–H and O–H groups in total. The van der Waals surface area contributed by atoms with E-state index in [-0.39, 0.29) is 67.0 Å². The van der Waals surface area contributed by atoms with Crippen LogP contribution >= 0.6 is 0 Å². The number of carbonyl (C=O) groups is 4. The molecular formula is C79H65F5N8O10. The van der Waals surface area contributed by atoms with Crippen LogP contribution in [0.4, 0.5) is 22.0 Å². The number of aromatic nitrogens is 8. The van der Waals surface area contributed by atoms with Crippen LogP contribution in [0, 0.1) is 36.0 Å². The number of halogens is 5. The molecule has 0 aliphatic rings. The molecule has 516 valence electrons. The van der Waals surface area contributed by atoms with Crippen molar-refractivity contribution in [1.82, 2.24) is 39.1 Å². The summed E-state index contributed by atoms with van der Waals surface area (Å²) in [5.41, 5.74) is 8.81. The van der Waals surface area contributed by atoms with Gasteiger partial charge in [-0.25, -0.2) is 22.0 Å². The van der Waals surface area contributed by atoms with Gasteiger partial charge in [0.2, 0.25) is 0 Å². The number of hydrogen-bond acceptors (Lipinski definition) is 14. The Balaban J connectivity index is 0.000000138. The first kappa shape index (κ1) is 70.5. The average molecular weight is 1380 g/mol. The maximum Gasteiger partial charge on any atom is 0.327 e. The summed E-state index contributed by atoms with van der Waals surface area (Å²) in [5.74, 6) is -3.77. The van der Waals surface area contributed by atoms with Gasteiger partial charge in [0.05, 0.1) is 56.1 Å². The fourth-order valence-corrected chi connectivity index (χ4v) is 11.2. The van der Waals surface area contributed by atoms with Crippen molar-refractivity contribution in [3.63, 3.8) is 0 Å². The van der Waals surface area contributed by atoms with E-state index >= 15 is 4.39 Å². The molecular weight excluding hydrogens is 1320 g/mol. The maximum atomic E-state index is 15.3. The standard InChI is InChI=1S/C24H22N2O3.C23H19FN2O3.2C16H12F2N2O2/c1-17-19(12-8-14-22(17)29-16-18-9-4-3-5-10-18)24-20-11-6-7-13-21(20)26(25-24)15-23(27)28-2;1-28-21(27)14-26-19-12-6-5-10-17(19)23(25-26)18-11-7-13-20(22(18)24)29-15-16-8-3-2-4-9-16;1-22-14(21)9-20-13-8-3-2-5-10(13)16(19-20)15-11(17)6-4-7-12(15)18;1-22-15(21)9-20-14-5-3-2-4-11(14)16(19-20)12-8-10(17)6-7-13(12)18/h3-14H,15-16H2,1-2H3;2-13H,14-15H2,1H3;2*2-8H,9H2,1H3. The second kappa shape index (κ2) is 32.7. The van der Waals surface area contributed by atoms with Gasteiger partial charge in [-0.2, -0.15) is 20.4 Å². The highest BCUT2D eigenvalue weighted by molar-refractivity contribution is 5.97. The zero-order valence-electron chi connectivity index (χ0n) is 55.7. The Bertz CT molecular complexity index is 5130. The molecule has 0 unspecified atom stereocenters. The van der Waals surface area contributed by atoms with Crippen LogP contribution in [0.1, 0.15) is 16.7 Å². The summed E-state index contributed by atoms with van der Waals surface area (Å²) in [6.45, 7) is 2.58. The minimum atomic E-state index is -0.700. The number of methoxy groups -OCH3 is 4. The molecule has 23 heteroatoms. The van der Waals surface area contributed by atoms with Gasteiger partial charge in [0.15, 0.2) is 11.6 Å². The fraction of sp³-hybridized carbons (Fsp3) is 0.139. The van der Waals surface area contributed by atoms with Crippen molar-refractivity contribution >= 4 is 67.5 Å². The van der Waals surface area contributed by atoms with E-state index in [0.717, 1.165) is 73.7 Å². The van der Waals surface area contributed by atoms with E-state index in [1.165, 1.54) is 60.7 Å². The van der Waals surface area contributed by atoms with E-state index in [9.17, 15) is 36.7 Å². The summed E-state index contributed by atoms with van der Waals surface area (Å²) >= 11 is 0. The molecule has 0 saturated carbocycles. The molecule has 0 radical (unpaired) electrons. The number of esters is 4. The highest BCUT2D eigenvalue weighted by atomic mass is 19.1. The van der Waals surface area contributed by atoms with Crippen LogP contribution in [0.25, 0.3) is 88.6 Å². The number of fused-ring (bicyclic) bond motifs is 4. The van der Waals surface area contributed by atoms with E-state index < -0.39 is 47.0 Å². The third kappa shape index (κ3) is 16.2. The normalized spacial score (nSPS) is 10.8. The van der Waals surface area contributed by atoms with Crippen molar-refractivity contribution in [2.24, 2.45) is 0 Å². The number of para-hydroxylation sites is 4. The fourth-order valence-electron chi connectivity index (χ4n) is 11.2. The number of rotatable bonds is 18. The zero-order valence-corrected chi connectivity index (χ0v) is 55.7. The molecule has 14 aromatic rings. The topological polar surface area (TPSA) is 195 Å². The Morgan fingerprint density at radius 2 is 0.686 bits per heavy atom. The third-order valence-electron chi connectivity index (χ3n) is 16.3. The molecule has 4 heterocycles. The van der Waals surface area contributed by atoms with Crippen molar-refractivity contribution in [3.05, 3.63) is 276 Å². The Kier molecular flexibility index (Phi) is 22.6. The van der Waals surface area contributed by atoms with Gasteiger partial charge < -0.3 is 28.4 Å². The summed E-state index contributed by atoms with van der Waals surface area (Å²) in [4.78, 5) is 46.5. The molecule has 0 aliphatic heterocycles. The maximum absolute atomic E-state index is 15.3. The Hall–Kier alpha value is -12.8. The predicted octanol–water partition coefficient (Wildman–Crippen LogP) is 15.7. The van der Waals surface area contributed by atoms with Gasteiger partial charge in [-0.05, 0) is 90.8 Å². The van der Waals surface area contributed by atoms with Crippen LogP contribution in [-0.4, -0.2) is 91.4 Å². The van der Waals surface area contributed by atoms with Crippen LogP contribution in [0.2, 0.25) is 0 Å². The van der Waals surface area contributed by atoms with Gasteiger partial charge in [-0.1, -0.05) is 158 Å². The lowest BCUT2D eigenvalue weighted by Gasteiger charge is -2.12. The number of ether oxygens (including phenoxy) is 6. The summed E-state index contributed by atoms with van der Waals surface area (Å²) in [7, 11) is 5.25. The van der Waals surface area contributed by atoms with Gasteiger partial charge in [0.25, 0.3) is 0 Å². The second-order valence-corrected chi connectivity index (χ2v) is 22.7. The highest BCUT2D eigenvalue weighted by Crippen LogP contribution is 2.38. The molecule has 14 rings (SSSR count). The summed E-state index contributed by atoms with van der Waals surface area (Å²) in [6, 6.07) is 66.7. The van der Waals surface area contributed by atoms with Crippen molar-refractivity contribution in [3.8, 4) is 56.5 Å². The van der Waals surface area contributed by atoms with E-state index in [1.807, 2.05) is 134 Å². The van der Waals surface area contributed by atoms with Gasteiger partial charge in [-0.3, -0.25) is 37.9 Å². The quantitative estimate of drug-likeness (QED) is 0.0447. The summed E-state index contributed by atoms with van der Waals surface area (Å²) in [5, 5.41) is 20.6. The van der Waals surface area contributed by atoms with Gasteiger partial charge >= 0.3 is 23.9 Å². The van der Waals surface area contributed by atoms with E-state index in [1.54, 1.807) is 71.4 Å². The van der Waals surface area contributed by atoms with Gasteiger partial charge in [0, 0.05) is 43.8 Å². The van der Waals surface area contributed by atoms with E-state index in [2.05, 4.69) is 24.8 Å². The number of hydrogen-bond donors (Lipinski definition) is 0. The van der Waals surface area contributed by atoms with Crippen molar-refractivity contribution in [2.75, 3.05) is 28.4 Å². The molecule has 10 aromatic carbocycles. The molecule has 0 aliphatic carbocycles. The van der Waals surface area contributed by atoms with Crippen molar-refractivity contribution in [1.29, 1.82) is 0 Å². The second-order valence-electron chi connectivity index (χ2n) is 22.7. The SMILES string of the molecule is COC(=O)Cn1nc(-c2c(F)cccc2F)c2ccccc21.COC(=O)Cn1nc(-c2cc(F)ccc2F)c2ccccc21.COC(=O)Cn1nc(-c2cccc(OCc3ccccc3)c2C)c2ccccc21.COC(=O)Cn1nc(-c2cccc(OCc3ccccc3)c2F)c2ccccc21. The number of carbonyl (C=O) groups excluding carboxylic acids is 4. The molecule has 0 fully saturated rings. The zero-order chi connectivity index (χ0) is 71.8. The molecule has 0 spiro atoms. The average Bonchev–Trinajstić information content (AvgIpc) is 1.66. The summed E-state index contributed by atoms with van der Waals surface area (Å²) < 4.78 is 107. The minimum absolute atomic E-state index is 0.0527. The molecule has 4 aromatic heterocycles. The first-order valence-corrected chi connectivity index (χ1v) is 31.8. The number of benzene rings is 10. The molecule has 18 nitrogen and oxygen atoms in total. The van der Waals surface area contributed by atoms with E-state index in [4.69, 9.17) is 24.0 Å². The van der Waals surface area contributed by atoms with Crippen LogP contribution in [0.15, 0.2) is 231 Å². The van der Waals surface area contributed by atoms with Gasteiger partial charge in [0.1, 0.15) is 91.2 Å². The molecule has 0 saturated heterocycles. The molecule has 0 bridgehead atoms. The smallest absolute Gasteiger partial charge is 0.327 e. The first-order valence-electron chi connectivity index (χ1n) is 31.8. The van der Waals surface area contributed by atoms with E-state index in [0.29, 0.717) is 39.7 Å². The van der Waals surface area contributed by atoms with Crippen LogP contribution in [0.3, 0.4) is 0 Å². The Morgan fingerprint density at radius 3 is 1.12 bits per heavy atom. The molecule has 0 amide bonds. The van der Waals surface area contributed by atoms with Crippen molar-refractivity contribution in [2.45, 2.75) is 46.3 Å². The van der Waals surface area contributed by atoms with Gasteiger partial charge in [-0.15, -0.1) is 0 Å². The van der Waals surface area contributed by atoms with Crippen LogP contribution < -0.4 is 9.47 Å². The van der Waals surface area contributed by atoms with Crippen LogP contribution in [0.5, 0.6) is 11.5 Å². The number of nitrogens with zero attached hydrogens (tertiary/aromatic N) is 8. The lowest BCUT2D eigenvalue weighted by Crippen LogP contribution is -2.12. The third-order valence-corrected chi connectivity index (χ3v) is 16.3.